The predicted molar refractivity (Wildman–Crippen MR) is 144 cm³/mol. The fraction of sp³-hybridized carbons (Fsp3) is 0.517. The fourth-order valence-electron chi connectivity index (χ4n) is 5.86. The van der Waals surface area contributed by atoms with Crippen LogP contribution < -0.4 is 10.6 Å². The van der Waals surface area contributed by atoms with Crippen LogP contribution in [-0.4, -0.2) is 31.5 Å². The summed E-state index contributed by atoms with van der Waals surface area (Å²) in [6, 6.07) is 8.91. The van der Waals surface area contributed by atoms with Gasteiger partial charge in [0, 0.05) is 42.3 Å². The van der Waals surface area contributed by atoms with Gasteiger partial charge < -0.3 is 10.6 Å². The van der Waals surface area contributed by atoms with E-state index in [-0.39, 0.29) is 23.7 Å². The molecule has 2 aromatic heterocycles. The van der Waals surface area contributed by atoms with E-state index in [4.69, 9.17) is 0 Å². The topological polar surface area (TPSA) is 95.6 Å². The molecule has 3 N–H and O–H groups in total. The van der Waals surface area contributed by atoms with Crippen LogP contribution in [0.5, 0.6) is 0 Å². The number of nitrogens with zero attached hydrogens (tertiary/aromatic N) is 3. The van der Waals surface area contributed by atoms with Crippen molar-refractivity contribution in [1.29, 1.82) is 0 Å². The number of H-pyrrole nitrogens is 1. The molecule has 0 saturated heterocycles. The number of halogens is 3. The number of alkyl halides is 3. The number of aromatic nitrogens is 4. The van der Waals surface area contributed by atoms with Crippen molar-refractivity contribution in [2.45, 2.75) is 88.8 Å². The van der Waals surface area contributed by atoms with Crippen molar-refractivity contribution in [3.63, 3.8) is 0 Å². The molecule has 0 unspecified atom stereocenters. The van der Waals surface area contributed by atoms with Gasteiger partial charge in [0.2, 0.25) is 5.95 Å². The Morgan fingerprint density at radius 3 is 2.59 bits per heavy atom. The van der Waals surface area contributed by atoms with Crippen LogP contribution in [0.2, 0.25) is 0 Å². The molecule has 0 bridgehead atoms. The molecule has 0 radical (unpaired) electrons. The van der Waals surface area contributed by atoms with Crippen molar-refractivity contribution < 1.29 is 18.0 Å². The average molecular weight is 541 g/mol. The van der Waals surface area contributed by atoms with Crippen LogP contribution in [0.25, 0.3) is 0 Å². The van der Waals surface area contributed by atoms with Gasteiger partial charge in [-0.1, -0.05) is 31.0 Å². The summed E-state index contributed by atoms with van der Waals surface area (Å²) in [6.07, 6.45) is 6.06. The van der Waals surface area contributed by atoms with Crippen molar-refractivity contribution in [3.8, 4) is 0 Å². The number of aromatic amines is 1. The highest BCUT2D eigenvalue weighted by molar-refractivity contribution is 5.81. The van der Waals surface area contributed by atoms with Gasteiger partial charge in [-0.15, -0.1) is 0 Å². The number of nitrogens with one attached hydrogen (secondary N) is 3. The summed E-state index contributed by atoms with van der Waals surface area (Å²) in [4.78, 5) is 21.7. The highest BCUT2D eigenvalue weighted by Crippen LogP contribution is 2.37. The lowest BCUT2D eigenvalue weighted by atomic mass is 9.75. The molecule has 0 spiro atoms. The van der Waals surface area contributed by atoms with E-state index in [1.807, 2.05) is 6.07 Å². The zero-order valence-corrected chi connectivity index (χ0v) is 22.2. The van der Waals surface area contributed by atoms with Crippen LogP contribution in [0, 0.1) is 5.92 Å². The van der Waals surface area contributed by atoms with E-state index < -0.39 is 11.7 Å². The number of carbonyl (C=O) groups is 1. The van der Waals surface area contributed by atoms with E-state index in [1.165, 1.54) is 37.4 Å². The average Bonchev–Trinajstić information content (AvgIpc) is 3.58. The van der Waals surface area contributed by atoms with Crippen LogP contribution >= 0.6 is 0 Å². The molecule has 7 nitrogen and oxygen atoms in total. The minimum atomic E-state index is -4.41. The van der Waals surface area contributed by atoms with E-state index in [1.54, 1.807) is 12.3 Å². The molecule has 0 atom stereocenters. The van der Waals surface area contributed by atoms with Crippen LogP contribution in [0.3, 0.4) is 0 Å². The van der Waals surface area contributed by atoms with Crippen molar-refractivity contribution in [1.82, 2.24) is 20.2 Å². The third-order valence-electron chi connectivity index (χ3n) is 8.10. The Bertz CT molecular complexity index is 1280. The number of anilines is 3. The van der Waals surface area contributed by atoms with Crippen molar-refractivity contribution in [3.05, 3.63) is 59.4 Å². The van der Waals surface area contributed by atoms with Gasteiger partial charge in [0.25, 0.3) is 0 Å². The number of benzene rings is 1. The largest absolute Gasteiger partial charge is 0.416 e. The van der Waals surface area contributed by atoms with Gasteiger partial charge in [-0.2, -0.15) is 23.3 Å². The van der Waals surface area contributed by atoms with Crippen LogP contribution in [0.1, 0.15) is 87.4 Å². The van der Waals surface area contributed by atoms with Crippen LogP contribution in [0.4, 0.5) is 30.8 Å². The molecule has 0 aliphatic heterocycles. The quantitative estimate of drug-likeness (QED) is 0.266. The van der Waals surface area contributed by atoms with E-state index in [2.05, 4.69) is 43.8 Å². The van der Waals surface area contributed by atoms with Crippen LogP contribution in [-0.2, 0) is 17.4 Å². The number of Topliss-reactive ketones (excluding diaryl/α,β-unsaturated/α-hetero) is 1. The Balaban J connectivity index is 1.11. The van der Waals surface area contributed by atoms with E-state index >= 15 is 0 Å². The second-order valence-corrected chi connectivity index (χ2v) is 11.3. The first-order valence-electron chi connectivity index (χ1n) is 13.8. The lowest BCUT2D eigenvalue weighted by molar-refractivity contribution is -0.137. The molecule has 2 heterocycles. The third kappa shape index (κ3) is 7.16. The molecular formula is C29H35F3N6O. The Labute approximate surface area is 226 Å². The maximum absolute atomic E-state index is 13.0. The monoisotopic (exact) mass is 540 g/mol. The summed E-state index contributed by atoms with van der Waals surface area (Å²) in [5, 5.41) is 14.3. The Morgan fingerprint density at radius 2 is 1.85 bits per heavy atom. The second-order valence-electron chi connectivity index (χ2n) is 11.3. The van der Waals surface area contributed by atoms with Gasteiger partial charge >= 0.3 is 6.18 Å². The molecule has 2 saturated carbocycles. The van der Waals surface area contributed by atoms with Gasteiger partial charge in [0.05, 0.1) is 5.56 Å². The first-order chi connectivity index (χ1) is 18.6. The third-order valence-corrected chi connectivity index (χ3v) is 8.10. The maximum Gasteiger partial charge on any atom is 0.416 e. The molecule has 2 fully saturated rings. The van der Waals surface area contributed by atoms with E-state index in [0.29, 0.717) is 29.7 Å². The molecular weight excluding hydrogens is 505 g/mol. The molecule has 10 heteroatoms. The standard InChI is InChI=1S/C29H35F3N6O/c1-28(12-9-19(10-13-28)16-23(39)17-20-5-4-8-22(15-20)29(30,31)32)36-27-33-14-11-25(35-27)34-26-18-24(37-38-26)21-6-2-3-7-21/h4-5,8,11,14-15,18-19,21H,2-3,6-7,9-10,12-13,16-17H2,1H3,(H3,33,34,35,36,37,38). The van der Waals surface area contributed by atoms with Gasteiger partial charge in [-0.25, -0.2) is 4.98 Å². The van der Waals surface area contributed by atoms with Gasteiger partial charge in [-0.3, -0.25) is 9.89 Å². The predicted octanol–water partition coefficient (Wildman–Crippen LogP) is 7.18. The minimum Gasteiger partial charge on any atom is -0.349 e. The molecule has 39 heavy (non-hydrogen) atoms. The summed E-state index contributed by atoms with van der Waals surface area (Å²) >= 11 is 0. The zero-order chi connectivity index (χ0) is 27.5. The number of rotatable bonds is 9. The van der Waals surface area contributed by atoms with Crippen molar-refractivity contribution in [2.75, 3.05) is 10.6 Å². The summed E-state index contributed by atoms with van der Waals surface area (Å²) in [7, 11) is 0. The zero-order valence-electron chi connectivity index (χ0n) is 22.2. The SMILES string of the molecule is CC1(Nc2nccc(Nc3cc(C4CCCC4)[nH]n3)n2)CCC(CC(=O)Cc2cccc(C(F)(F)F)c2)CC1. The van der Waals surface area contributed by atoms with Gasteiger partial charge in [0.15, 0.2) is 5.82 Å². The number of hydrogen-bond acceptors (Lipinski definition) is 6. The van der Waals surface area contributed by atoms with Crippen LogP contribution in [0.15, 0.2) is 42.6 Å². The molecule has 0 amide bonds. The fourth-order valence-corrected chi connectivity index (χ4v) is 5.86. The van der Waals surface area contributed by atoms with Crippen molar-refractivity contribution in [2.24, 2.45) is 5.92 Å². The lowest BCUT2D eigenvalue weighted by Crippen LogP contribution is -2.39. The molecule has 1 aromatic carbocycles. The second kappa shape index (κ2) is 11.4. The highest BCUT2D eigenvalue weighted by Gasteiger charge is 2.33. The molecule has 5 rings (SSSR count). The summed E-state index contributed by atoms with van der Waals surface area (Å²) < 4.78 is 38.9. The first kappa shape index (κ1) is 27.1. The smallest absolute Gasteiger partial charge is 0.349 e. The van der Waals surface area contributed by atoms with Gasteiger partial charge in [-0.05, 0) is 69.1 Å². The number of carbonyl (C=O) groups excluding carboxylic acids is 1. The normalized spacial score (nSPS) is 22.1. The summed E-state index contributed by atoms with van der Waals surface area (Å²) in [6.45, 7) is 2.14. The summed E-state index contributed by atoms with van der Waals surface area (Å²) in [5.41, 5.74) is 0.653. The highest BCUT2D eigenvalue weighted by atomic mass is 19.4. The Kier molecular flexibility index (Phi) is 7.91. The Morgan fingerprint density at radius 1 is 1.08 bits per heavy atom. The van der Waals surface area contributed by atoms with Gasteiger partial charge in [0.1, 0.15) is 11.6 Å². The number of hydrogen-bond donors (Lipinski definition) is 3. The molecule has 208 valence electrons. The molecule has 3 aromatic rings. The van der Waals surface area contributed by atoms with E-state index in [9.17, 15) is 18.0 Å². The number of ketones is 1. The summed E-state index contributed by atoms with van der Waals surface area (Å²) in [5.74, 6) is 2.69. The first-order valence-corrected chi connectivity index (χ1v) is 13.8. The molecule has 2 aliphatic rings. The minimum absolute atomic E-state index is 0.0209. The Hall–Kier alpha value is -3.43. The lowest BCUT2D eigenvalue weighted by Gasteiger charge is -2.38. The van der Waals surface area contributed by atoms with E-state index in [0.717, 1.165) is 43.6 Å². The molecule has 2 aliphatic carbocycles. The van der Waals surface area contributed by atoms with Crippen molar-refractivity contribution >= 4 is 23.4 Å². The maximum atomic E-state index is 13.0.